The minimum Gasteiger partial charge on any atom is -0.480 e. The van der Waals surface area contributed by atoms with Crippen molar-refractivity contribution in [1.29, 1.82) is 5.26 Å². The molecule has 2 amide bonds. The van der Waals surface area contributed by atoms with Crippen LogP contribution in [0, 0.1) is 11.3 Å². The molecule has 1 aromatic rings. The van der Waals surface area contributed by atoms with E-state index in [-0.39, 0.29) is 13.0 Å². The topological polar surface area (TPSA) is 93.4 Å². The van der Waals surface area contributed by atoms with Gasteiger partial charge in [-0.15, -0.1) is 0 Å². The number of carbonyl (C=O) groups excluding carboxylic acids is 1. The van der Waals surface area contributed by atoms with Gasteiger partial charge in [0, 0.05) is 13.1 Å². The fraction of sp³-hybridized carbons (Fsp3) is 0.438. The quantitative estimate of drug-likeness (QED) is 0.805. The molecule has 1 aromatic carbocycles. The molecule has 0 heterocycles. The van der Waals surface area contributed by atoms with Crippen LogP contribution in [0.25, 0.3) is 0 Å². The van der Waals surface area contributed by atoms with Crippen molar-refractivity contribution in [3.05, 3.63) is 35.9 Å². The normalized spacial score (nSPS) is 10.6. The van der Waals surface area contributed by atoms with E-state index in [1.165, 1.54) is 18.7 Å². The number of nitrogens with one attached hydrogen (secondary N) is 1. The summed E-state index contributed by atoms with van der Waals surface area (Å²) in [7, 11) is 0. The van der Waals surface area contributed by atoms with Crippen molar-refractivity contribution in [2.45, 2.75) is 32.2 Å². The van der Waals surface area contributed by atoms with E-state index in [0.717, 1.165) is 5.56 Å². The lowest BCUT2D eigenvalue weighted by Gasteiger charge is -2.34. The Labute approximate surface area is 130 Å². The van der Waals surface area contributed by atoms with Crippen molar-refractivity contribution in [2.75, 3.05) is 13.1 Å². The van der Waals surface area contributed by atoms with E-state index in [2.05, 4.69) is 5.32 Å². The van der Waals surface area contributed by atoms with Crippen LogP contribution in [0.5, 0.6) is 0 Å². The van der Waals surface area contributed by atoms with Gasteiger partial charge in [-0.1, -0.05) is 30.3 Å². The van der Waals surface area contributed by atoms with E-state index in [1.54, 1.807) is 0 Å². The van der Waals surface area contributed by atoms with Crippen LogP contribution < -0.4 is 5.32 Å². The SMILES string of the molecule is CC(C)(C(=O)O)N(CCC#N)C(=O)NCCc1ccccc1. The standard InChI is InChI=1S/C16H21N3O3/c1-16(2,14(20)21)19(12-6-10-17)15(22)18-11-9-13-7-4-3-5-8-13/h3-5,7-8H,6,9,11-12H2,1-2H3,(H,18,22)(H,20,21). The van der Waals surface area contributed by atoms with Crippen molar-refractivity contribution >= 4 is 12.0 Å². The van der Waals surface area contributed by atoms with Crippen LogP contribution in [0.1, 0.15) is 25.8 Å². The second-order valence-electron chi connectivity index (χ2n) is 5.39. The molecule has 0 atom stereocenters. The number of urea groups is 1. The molecule has 0 saturated carbocycles. The molecular weight excluding hydrogens is 282 g/mol. The van der Waals surface area contributed by atoms with Crippen molar-refractivity contribution in [3.63, 3.8) is 0 Å². The van der Waals surface area contributed by atoms with E-state index in [1.807, 2.05) is 36.4 Å². The number of nitrogens with zero attached hydrogens (tertiary/aromatic N) is 2. The van der Waals surface area contributed by atoms with Gasteiger partial charge in [0.25, 0.3) is 0 Å². The summed E-state index contributed by atoms with van der Waals surface area (Å²) in [5.74, 6) is -1.11. The monoisotopic (exact) mass is 303 g/mol. The molecule has 0 aliphatic heterocycles. The summed E-state index contributed by atoms with van der Waals surface area (Å²) in [6, 6.07) is 11.1. The molecule has 0 aliphatic rings. The Bertz CT molecular complexity index is 550. The average Bonchev–Trinajstić information content (AvgIpc) is 2.48. The second-order valence-corrected chi connectivity index (χ2v) is 5.39. The number of carbonyl (C=O) groups is 2. The highest BCUT2D eigenvalue weighted by Crippen LogP contribution is 2.15. The van der Waals surface area contributed by atoms with Crippen molar-refractivity contribution in [2.24, 2.45) is 0 Å². The fourth-order valence-corrected chi connectivity index (χ4v) is 1.97. The number of carboxylic acid groups (broad SMARTS) is 1. The van der Waals surface area contributed by atoms with Gasteiger partial charge in [-0.25, -0.2) is 9.59 Å². The molecule has 0 bridgehead atoms. The highest BCUT2D eigenvalue weighted by molar-refractivity contribution is 5.85. The number of benzene rings is 1. The summed E-state index contributed by atoms with van der Waals surface area (Å²) in [6.07, 6.45) is 0.745. The molecule has 0 spiro atoms. The van der Waals surface area contributed by atoms with Crippen LogP contribution in [0.2, 0.25) is 0 Å². The van der Waals surface area contributed by atoms with Gasteiger partial charge in [0.2, 0.25) is 0 Å². The van der Waals surface area contributed by atoms with E-state index < -0.39 is 17.5 Å². The first-order valence-corrected chi connectivity index (χ1v) is 7.09. The van der Waals surface area contributed by atoms with E-state index in [9.17, 15) is 14.7 Å². The zero-order valence-corrected chi connectivity index (χ0v) is 12.9. The van der Waals surface area contributed by atoms with Gasteiger partial charge in [-0.3, -0.25) is 0 Å². The molecule has 1 rings (SSSR count). The molecule has 118 valence electrons. The molecule has 0 saturated heterocycles. The summed E-state index contributed by atoms with van der Waals surface area (Å²) in [5.41, 5.74) is -0.280. The number of rotatable bonds is 7. The second kappa shape index (κ2) is 8.03. The minimum atomic E-state index is -1.37. The number of amides is 2. The maximum absolute atomic E-state index is 12.2. The lowest BCUT2D eigenvalue weighted by Crippen LogP contribution is -2.56. The van der Waals surface area contributed by atoms with Crippen molar-refractivity contribution in [1.82, 2.24) is 10.2 Å². The summed E-state index contributed by atoms with van der Waals surface area (Å²) >= 11 is 0. The number of hydrogen-bond donors (Lipinski definition) is 2. The Balaban J connectivity index is 2.64. The zero-order chi connectivity index (χ0) is 16.6. The highest BCUT2D eigenvalue weighted by atomic mass is 16.4. The molecule has 6 nitrogen and oxygen atoms in total. The summed E-state index contributed by atoms with van der Waals surface area (Å²) in [5, 5.41) is 20.6. The van der Waals surface area contributed by atoms with Gasteiger partial charge in [0.15, 0.2) is 0 Å². The highest BCUT2D eigenvalue weighted by Gasteiger charge is 2.37. The minimum absolute atomic E-state index is 0.0764. The molecule has 0 unspecified atom stereocenters. The van der Waals surface area contributed by atoms with Crippen LogP contribution in [0.15, 0.2) is 30.3 Å². The zero-order valence-electron chi connectivity index (χ0n) is 12.9. The Morgan fingerprint density at radius 3 is 2.50 bits per heavy atom. The van der Waals surface area contributed by atoms with E-state index >= 15 is 0 Å². The molecule has 0 fully saturated rings. The average molecular weight is 303 g/mol. The van der Waals surface area contributed by atoms with Crippen LogP contribution >= 0.6 is 0 Å². The third kappa shape index (κ3) is 4.77. The summed E-state index contributed by atoms with van der Waals surface area (Å²) < 4.78 is 0. The first-order valence-electron chi connectivity index (χ1n) is 7.09. The van der Waals surface area contributed by atoms with Gasteiger partial charge in [-0.05, 0) is 25.8 Å². The number of aliphatic carboxylic acids is 1. The van der Waals surface area contributed by atoms with Gasteiger partial charge in [-0.2, -0.15) is 5.26 Å². The van der Waals surface area contributed by atoms with E-state index in [4.69, 9.17) is 5.26 Å². The largest absolute Gasteiger partial charge is 0.480 e. The van der Waals surface area contributed by atoms with Gasteiger partial charge in [0.1, 0.15) is 5.54 Å². The van der Waals surface area contributed by atoms with Crippen molar-refractivity contribution in [3.8, 4) is 6.07 Å². The molecule has 22 heavy (non-hydrogen) atoms. The Morgan fingerprint density at radius 1 is 1.32 bits per heavy atom. The number of carboxylic acids is 1. The van der Waals surface area contributed by atoms with Gasteiger partial charge >= 0.3 is 12.0 Å². The maximum Gasteiger partial charge on any atom is 0.329 e. The molecular formula is C16H21N3O3. The number of hydrogen-bond acceptors (Lipinski definition) is 3. The van der Waals surface area contributed by atoms with Crippen LogP contribution in [-0.2, 0) is 11.2 Å². The Morgan fingerprint density at radius 2 is 1.95 bits per heavy atom. The van der Waals surface area contributed by atoms with E-state index in [0.29, 0.717) is 13.0 Å². The predicted molar refractivity (Wildman–Crippen MR) is 82.2 cm³/mol. The smallest absolute Gasteiger partial charge is 0.329 e. The predicted octanol–water partition coefficient (Wildman–Crippen LogP) is 2.02. The van der Waals surface area contributed by atoms with Gasteiger partial charge in [0.05, 0.1) is 12.5 Å². The maximum atomic E-state index is 12.2. The summed E-state index contributed by atoms with van der Waals surface area (Å²) in [4.78, 5) is 24.7. The molecule has 0 aromatic heterocycles. The first kappa shape index (κ1) is 17.5. The molecule has 6 heteroatoms. The number of nitriles is 1. The first-order chi connectivity index (χ1) is 10.4. The van der Waals surface area contributed by atoms with Gasteiger partial charge < -0.3 is 15.3 Å². The lowest BCUT2D eigenvalue weighted by atomic mass is 10.0. The van der Waals surface area contributed by atoms with Crippen LogP contribution in [0.4, 0.5) is 4.79 Å². The molecule has 0 aliphatic carbocycles. The van der Waals surface area contributed by atoms with Crippen molar-refractivity contribution < 1.29 is 14.7 Å². The molecule has 2 N–H and O–H groups in total. The van der Waals surface area contributed by atoms with Crippen LogP contribution in [-0.4, -0.2) is 40.6 Å². The third-order valence-electron chi connectivity index (χ3n) is 3.42. The Hall–Kier alpha value is -2.55. The fourth-order valence-electron chi connectivity index (χ4n) is 1.97. The lowest BCUT2D eigenvalue weighted by molar-refractivity contribution is -0.147. The Kier molecular flexibility index (Phi) is 6.39. The third-order valence-corrected chi connectivity index (χ3v) is 3.42. The molecule has 0 radical (unpaired) electrons. The summed E-state index contributed by atoms with van der Waals surface area (Å²) in [6.45, 7) is 3.38. The van der Waals surface area contributed by atoms with Crippen LogP contribution in [0.3, 0.4) is 0 Å².